The normalized spacial score (nSPS) is 31.5. The number of Topliss-reactive ketones (excluding diaryl/α,β-unsaturated/α-hetero) is 1. The number of carbonyl (C=O) groups excluding carboxylic acids is 1. The predicted molar refractivity (Wildman–Crippen MR) is 137 cm³/mol. The average molecular weight is 495 g/mol. The van der Waals surface area contributed by atoms with Crippen molar-refractivity contribution in [1.82, 2.24) is 5.32 Å². The number of rotatable bonds is 6. The van der Waals surface area contributed by atoms with Crippen LogP contribution in [-0.4, -0.2) is 72.4 Å². The van der Waals surface area contributed by atoms with Gasteiger partial charge in [-0.2, -0.15) is 0 Å². The number of nitrogens with one attached hydrogen (secondary N) is 1. The lowest BCUT2D eigenvalue weighted by atomic mass is 9.83. The number of anilines is 1. The first kappa shape index (κ1) is 23.9. The van der Waals surface area contributed by atoms with Gasteiger partial charge in [-0.3, -0.25) is 20.1 Å². The van der Waals surface area contributed by atoms with Crippen LogP contribution in [0, 0.1) is 5.41 Å². The molecule has 2 unspecified atom stereocenters. The molecule has 1 aromatic rings. The zero-order chi connectivity index (χ0) is 23.3. The third kappa shape index (κ3) is 4.44. The smallest absolute Gasteiger partial charge is 0.157 e. The Morgan fingerprint density at radius 3 is 2.78 bits per heavy atom. The first-order chi connectivity index (χ1) is 15.0. The number of nitrogens with two attached hydrogens (primary N) is 1. The zero-order valence-corrected chi connectivity index (χ0v) is 21.1. The average Bonchev–Trinajstić information content (AvgIpc) is 3.48. The largest absolute Gasteiger partial charge is 0.507 e. The van der Waals surface area contributed by atoms with E-state index < -0.39 is 17.1 Å². The van der Waals surface area contributed by atoms with Crippen LogP contribution in [0.4, 0.5) is 5.69 Å². The minimum atomic E-state index is -0.698. The Morgan fingerprint density at radius 2 is 2.09 bits per heavy atom. The third-order valence-corrected chi connectivity index (χ3v) is 10.4. The summed E-state index contributed by atoms with van der Waals surface area (Å²) < 4.78 is 0. The van der Waals surface area contributed by atoms with Gasteiger partial charge < -0.3 is 15.9 Å². The summed E-state index contributed by atoms with van der Waals surface area (Å²) in [7, 11) is 0. The second-order valence-corrected chi connectivity index (χ2v) is 12.5. The van der Waals surface area contributed by atoms with E-state index in [1.807, 2.05) is 20.8 Å². The van der Waals surface area contributed by atoms with Crippen LogP contribution in [0.2, 0.25) is 0 Å². The van der Waals surface area contributed by atoms with Crippen LogP contribution in [0.5, 0.6) is 5.75 Å². The molecule has 7 nitrogen and oxygen atoms in total. The summed E-state index contributed by atoms with van der Waals surface area (Å²) in [6.45, 7) is 7.44. The number of aromatic hydroxyl groups is 1. The number of thioether (sulfide) groups is 3. The van der Waals surface area contributed by atoms with Gasteiger partial charge in [0.05, 0.1) is 28.1 Å². The van der Waals surface area contributed by atoms with Crippen molar-refractivity contribution in [1.29, 1.82) is 0 Å². The molecule has 3 heterocycles. The van der Waals surface area contributed by atoms with Gasteiger partial charge in [0.25, 0.3) is 0 Å². The van der Waals surface area contributed by atoms with Gasteiger partial charge in [-0.05, 0) is 32.0 Å². The molecule has 0 aliphatic carbocycles. The van der Waals surface area contributed by atoms with Gasteiger partial charge in [-0.1, -0.05) is 13.8 Å². The summed E-state index contributed by atoms with van der Waals surface area (Å²) in [6.07, 6.45) is -0.643. The lowest BCUT2D eigenvalue weighted by Gasteiger charge is -2.34. The van der Waals surface area contributed by atoms with Crippen molar-refractivity contribution >= 4 is 56.8 Å². The van der Waals surface area contributed by atoms with Crippen LogP contribution in [0.1, 0.15) is 33.3 Å². The molecule has 0 amide bonds. The van der Waals surface area contributed by atoms with Crippen molar-refractivity contribution in [3.05, 3.63) is 23.8 Å². The maximum Gasteiger partial charge on any atom is 0.157 e. The monoisotopic (exact) mass is 494 g/mol. The summed E-state index contributed by atoms with van der Waals surface area (Å²) in [5.74, 6) is 2.43. The molecule has 1 aromatic carbocycles. The third-order valence-electron chi connectivity index (χ3n) is 6.38. The first-order valence-electron chi connectivity index (χ1n) is 10.6. The Labute approximate surface area is 201 Å². The van der Waals surface area contributed by atoms with E-state index in [9.17, 15) is 15.0 Å². The van der Waals surface area contributed by atoms with Gasteiger partial charge >= 0.3 is 0 Å². The standard InChI is InChI=1S/C22H30N4O3S3/c1-11(27)22(4)10-32-20(26-22)21(2,3)17(29)14-8-31-19(24-14)15-9-30-18(25-15)13-7-12(23)5-6-16(13)28/h5-7,14-15,17,19,24,28-29H,8-10,23H2,1-4H3/t14?,15-,17-,19?,22-/m1/s1. The van der Waals surface area contributed by atoms with E-state index in [0.717, 1.165) is 21.6 Å². The quantitative estimate of drug-likeness (QED) is 0.352. The second-order valence-electron chi connectivity index (χ2n) is 9.32. The van der Waals surface area contributed by atoms with Crippen LogP contribution in [0.25, 0.3) is 0 Å². The Kier molecular flexibility index (Phi) is 6.63. The lowest BCUT2D eigenvalue weighted by molar-refractivity contribution is -0.120. The van der Waals surface area contributed by atoms with Gasteiger partial charge in [0, 0.05) is 34.4 Å². The second kappa shape index (κ2) is 8.87. The molecular formula is C22H30N4O3S3. The van der Waals surface area contributed by atoms with Crippen molar-refractivity contribution in [2.75, 3.05) is 23.0 Å². The minimum Gasteiger partial charge on any atom is -0.507 e. The van der Waals surface area contributed by atoms with Crippen LogP contribution in [0.3, 0.4) is 0 Å². The summed E-state index contributed by atoms with van der Waals surface area (Å²) >= 11 is 4.95. The number of ketones is 1. The number of nitrogens with zero attached hydrogens (tertiary/aromatic N) is 2. The molecule has 0 bridgehead atoms. The number of hydrogen-bond acceptors (Lipinski definition) is 10. The number of hydrogen-bond donors (Lipinski definition) is 4. The maximum atomic E-state index is 12.0. The molecular weight excluding hydrogens is 464 g/mol. The van der Waals surface area contributed by atoms with Crippen LogP contribution in [-0.2, 0) is 4.79 Å². The Hall–Kier alpha value is -1.20. The number of nitrogen functional groups attached to an aromatic ring is 1. The molecule has 5 N–H and O–H groups in total. The summed E-state index contributed by atoms with van der Waals surface area (Å²) in [5.41, 5.74) is 5.89. The summed E-state index contributed by atoms with van der Waals surface area (Å²) in [4.78, 5) is 21.6. The highest BCUT2D eigenvalue weighted by molar-refractivity contribution is 8.15. The van der Waals surface area contributed by atoms with Crippen molar-refractivity contribution < 1.29 is 15.0 Å². The van der Waals surface area contributed by atoms with Gasteiger partial charge in [-0.25, -0.2) is 0 Å². The van der Waals surface area contributed by atoms with E-state index >= 15 is 0 Å². The zero-order valence-electron chi connectivity index (χ0n) is 18.7. The molecule has 0 aromatic heterocycles. The number of aliphatic hydroxyl groups is 1. The number of aliphatic imine (C=N–C) groups is 2. The molecule has 32 heavy (non-hydrogen) atoms. The molecule has 4 rings (SSSR count). The Morgan fingerprint density at radius 1 is 1.34 bits per heavy atom. The molecule has 174 valence electrons. The van der Waals surface area contributed by atoms with E-state index in [-0.39, 0.29) is 29.0 Å². The predicted octanol–water partition coefficient (Wildman–Crippen LogP) is 2.75. The molecule has 0 spiro atoms. The van der Waals surface area contributed by atoms with Crippen molar-refractivity contribution in [2.24, 2.45) is 15.4 Å². The number of carbonyl (C=O) groups is 1. The summed E-state index contributed by atoms with van der Waals surface area (Å²) in [5, 5.41) is 26.7. The minimum absolute atomic E-state index is 0.0420. The van der Waals surface area contributed by atoms with E-state index in [1.54, 1.807) is 60.4 Å². The molecule has 10 heteroatoms. The molecule has 1 fully saturated rings. The molecule has 3 aliphatic rings. The van der Waals surface area contributed by atoms with Crippen LogP contribution in [0.15, 0.2) is 28.2 Å². The lowest BCUT2D eigenvalue weighted by Crippen LogP contribution is -2.51. The van der Waals surface area contributed by atoms with E-state index in [2.05, 4.69) is 5.32 Å². The number of phenolic OH excluding ortho intramolecular Hbond substituents is 1. The Balaban J connectivity index is 1.44. The molecule has 0 radical (unpaired) electrons. The SMILES string of the molecule is CC(=O)[C@@]1(C)CSC(C(C)(C)[C@H](O)C2CSC([C@H]3CSC(c4cc(N)ccc4O)=N3)N2)=N1. The van der Waals surface area contributed by atoms with Crippen LogP contribution < -0.4 is 11.1 Å². The maximum absolute atomic E-state index is 12.0. The number of phenols is 1. The molecule has 3 aliphatic heterocycles. The van der Waals surface area contributed by atoms with E-state index in [1.165, 1.54) is 0 Å². The van der Waals surface area contributed by atoms with Gasteiger partial charge in [-0.15, -0.1) is 35.3 Å². The number of benzene rings is 1. The van der Waals surface area contributed by atoms with E-state index in [4.69, 9.17) is 15.7 Å². The van der Waals surface area contributed by atoms with Gasteiger partial charge in [0.1, 0.15) is 16.3 Å². The van der Waals surface area contributed by atoms with Crippen molar-refractivity contribution in [3.8, 4) is 5.75 Å². The van der Waals surface area contributed by atoms with Gasteiger partial charge in [0.15, 0.2) is 5.78 Å². The van der Waals surface area contributed by atoms with Crippen molar-refractivity contribution in [3.63, 3.8) is 0 Å². The fraction of sp³-hybridized carbons (Fsp3) is 0.591. The first-order valence-corrected chi connectivity index (χ1v) is 13.6. The van der Waals surface area contributed by atoms with Crippen molar-refractivity contribution in [2.45, 2.75) is 56.8 Å². The fourth-order valence-corrected chi connectivity index (χ4v) is 8.01. The molecule has 5 atom stereocenters. The van der Waals surface area contributed by atoms with Crippen LogP contribution >= 0.6 is 35.3 Å². The fourth-order valence-electron chi connectivity index (χ4n) is 3.97. The molecule has 0 saturated carbocycles. The summed E-state index contributed by atoms with van der Waals surface area (Å²) in [6, 6.07) is 4.96. The molecule has 1 saturated heterocycles. The highest BCUT2D eigenvalue weighted by Gasteiger charge is 2.47. The highest BCUT2D eigenvalue weighted by atomic mass is 32.2. The highest BCUT2D eigenvalue weighted by Crippen LogP contribution is 2.42. The Bertz CT molecular complexity index is 983. The van der Waals surface area contributed by atoms with E-state index in [0.29, 0.717) is 17.0 Å². The topological polar surface area (TPSA) is 120 Å². The number of aliphatic hydroxyl groups excluding tert-OH is 1. The van der Waals surface area contributed by atoms with Gasteiger partial charge in [0.2, 0.25) is 0 Å².